The van der Waals surface area contributed by atoms with Crippen molar-refractivity contribution in [1.29, 1.82) is 0 Å². The van der Waals surface area contributed by atoms with Gasteiger partial charge in [-0.2, -0.15) is 0 Å². The molecule has 104 valence electrons. The van der Waals surface area contributed by atoms with E-state index >= 15 is 0 Å². The number of nitrogens with one attached hydrogen (secondary N) is 1. The molecule has 1 saturated carbocycles. The first kappa shape index (κ1) is 13.3. The predicted molar refractivity (Wildman–Crippen MR) is 82.5 cm³/mol. The Hall–Kier alpha value is -1.67. The first-order valence-electron chi connectivity index (χ1n) is 7.62. The fraction of sp³-hybridized carbons (Fsp3) is 0.389. The van der Waals surface area contributed by atoms with E-state index in [4.69, 9.17) is 0 Å². The van der Waals surface area contributed by atoms with E-state index < -0.39 is 0 Å². The molecule has 2 nitrogen and oxygen atoms in total. The number of benzene rings is 1. The molecule has 1 aliphatic rings. The van der Waals surface area contributed by atoms with Crippen LogP contribution in [0.15, 0.2) is 54.7 Å². The van der Waals surface area contributed by atoms with E-state index in [1.807, 2.05) is 12.3 Å². The molecule has 1 N–H and O–H groups in total. The highest BCUT2D eigenvalue weighted by Gasteiger charge is 2.25. The van der Waals surface area contributed by atoms with Gasteiger partial charge in [-0.25, -0.2) is 0 Å². The van der Waals surface area contributed by atoms with Crippen LogP contribution in [0.5, 0.6) is 0 Å². The molecule has 2 heteroatoms. The molecule has 2 unspecified atom stereocenters. The van der Waals surface area contributed by atoms with Crippen molar-refractivity contribution in [2.45, 2.75) is 44.2 Å². The molecule has 1 aliphatic carbocycles. The molecule has 0 aliphatic heterocycles. The maximum atomic E-state index is 4.40. The lowest BCUT2D eigenvalue weighted by atomic mass is 9.80. The standard InChI is InChI=1S/C18H22N2/c1-2-8-15(9-3-1)17-11-4-5-12-18(17)20-14-16-10-6-7-13-19-16/h1-3,6-10,13,17-18,20H,4-5,11-12,14H2. The molecular weight excluding hydrogens is 244 g/mol. The van der Waals surface area contributed by atoms with Gasteiger partial charge in [0.05, 0.1) is 5.69 Å². The van der Waals surface area contributed by atoms with Crippen molar-refractivity contribution in [2.24, 2.45) is 0 Å². The molecular formula is C18H22N2. The Balaban J connectivity index is 1.67. The van der Waals surface area contributed by atoms with E-state index in [1.54, 1.807) is 0 Å². The van der Waals surface area contributed by atoms with E-state index in [2.05, 4.69) is 52.8 Å². The third-order valence-electron chi connectivity index (χ3n) is 4.27. The van der Waals surface area contributed by atoms with Gasteiger partial charge >= 0.3 is 0 Å². The summed E-state index contributed by atoms with van der Waals surface area (Å²) in [6.07, 6.45) is 7.12. The Bertz CT molecular complexity index is 509. The van der Waals surface area contributed by atoms with Crippen molar-refractivity contribution in [3.8, 4) is 0 Å². The Kier molecular flexibility index (Phi) is 4.44. The molecule has 0 radical (unpaired) electrons. The maximum absolute atomic E-state index is 4.40. The zero-order valence-electron chi connectivity index (χ0n) is 11.8. The second-order valence-electron chi connectivity index (χ2n) is 5.61. The molecule has 1 heterocycles. The largest absolute Gasteiger partial charge is 0.308 e. The quantitative estimate of drug-likeness (QED) is 0.908. The normalized spacial score (nSPS) is 22.6. The first-order chi connectivity index (χ1) is 9.93. The number of pyridine rings is 1. The van der Waals surface area contributed by atoms with Crippen LogP contribution in [0.3, 0.4) is 0 Å². The summed E-state index contributed by atoms with van der Waals surface area (Å²) >= 11 is 0. The molecule has 1 fully saturated rings. The molecule has 0 spiro atoms. The Labute approximate surface area is 121 Å². The van der Waals surface area contributed by atoms with Crippen LogP contribution in [0.1, 0.15) is 42.9 Å². The Morgan fingerprint density at radius 3 is 2.55 bits per heavy atom. The zero-order chi connectivity index (χ0) is 13.6. The van der Waals surface area contributed by atoms with Crippen LogP contribution in [0.4, 0.5) is 0 Å². The number of hydrogen-bond acceptors (Lipinski definition) is 2. The van der Waals surface area contributed by atoms with Crippen LogP contribution in [0.25, 0.3) is 0 Å². The number of aromatic nitrogens is 1. The molecule has 3 rings (SSSR count). The third kappa shape index (κ3) is 3.26. The van der Waals surface area contributed by atoms with Gasteiger partial charge in [0.2, 0.25) is 0 Å². The van der Waals surface area contributed by atoms with Crippen molar-refractivity contribution < 1.29 is 0 Å². The van der Waals surface area contributed by atoms with Gasteiger partial charge in [-0.15, -0.1) is 0 Å². The lowest BCUT2D eigenvalue weighted by molar-refractivity contribution is 0.325. The minimum absolute atomic E-state index is 0.577. The van der Waals surface area contributed by atoms with Crippen molar-refractivity contribution in [3.63, 3.8) is 0 Å². The Morgan fingerprint density at radius 1 is 0.950 bits per heavy atom. The maximum Gasteiger partial charge on any atom is 0.0541 e. The minimum atomic E-state index is 0.577. The van der Waals surface area contributed by atoms with E-state index in [-0.39, 0.29) is 0 Å². The summed E-state index contributed by atoms with van der Waals surface area (Å²) in [5, 5.41) is 3.72. The molecule has 1 aromatic heterocycles. The van der Waals surface area contributed by atoms with Crippen molar-refractivity contribution in [1.82, 2.24) is 10.3 Å². The minimum Gasteiger partial charge on any atom is -0.308 e. The van der Waals surface area contributed by atoms with Crippen LogP contribution >= 0.6 is 0 Å². The highest BCUT2D eigenvalue weighted by atomic mass is 14.9. The van der Waals surface area contributed by atoms with Gasteiger partial charge in [0.1, 0.15) is 0 Å². The van der Waals surface area contributed by atoms with Crippen molar-refractivity contribution >= 4 is 0 Å². The smallest absolute Gasteiger partial charge is 0.0541 e. The molecule has 1 aromatic carbocycles. The summed E-state index contributed by atoms with van der Waals surface area (Å²) in [6.45, 7) is 0.870. The van der Waals surface area contributed by atoms with Gasteiger partial charge in [0.25, 0.3) is 0 Å². The molecule has 20 heavy (non-hydrogen) atoms. The molecule has 2 atom stereocenters. The number of hydrogen-bond donors (Lipinski definition) is 1. The molecule has 0 amide bonds. The summed E-state index contributed by atoms with van der Waals surface area (Å²) in [7, 11) is 0. The summed E-state index contributed by atoms with van der Waals surface area (Å²) < 4.78 is 0. The predicted octanol–water partition coefficient (Wildman–Crippen LogP) is 3.90. The van der Waals surface area contributed by atoms with Crippen LogP contribution < -0.4 is 5.32 Å². The highest BCUT2D eigenvalue weighted by Crippen LogP contribution is 2.33. The van der Waals surface area contributed by atoms with Gasteiger partial charge in [-0.3, -0.25) is 4.98 Å². The Morgan fingerprint density at radius 2 is 1.75 bits per heavy atom. The fourth-order valence-electron chi connectivity index (χ4n) is 3.21. The van der Waals surface area contributed by atoms with E-state index in [0.717, 1.165) is 12.2 Å². The van der Waals surface area contributed by atoms with Gasteiger partial charge in [0, 0.05) is 18.8 Å². The fourth-order valence-corrected chi connectivity index (χ4v) is 3.21. The highest BCUT2D eigenvalue weighted by molar-refractivity contribution is 5.22. The molecule has 2 aromatic rings. The third-order valence-corrected chi connectivity index (χ3v) is 4.27. The average Bonchev–Trinajstić information content (AvgIpc) is 2.55. The lowest BCUT2D eigenvalue weighted by Gasteiger charge is -2.32. The summed E-state index contributed by atoms with van der Waals surface area (Å²) in [4.78, 5) is 4.40. The van der Waals surface area contributed by atoms with Gasteiger partial charge in [0.15, 0.2) is 0 Å². The van der Waals surface area contributed by atoms with Gasteiger partial charge in [-0.1, -0.05) is 49.2 Å². The molecule has 0 bridgehead atoms. The number of nitrogens with zero attached hydrogens (tertiary/aromatic N) is 1. The van der Waals surface area contributed by atoms with E-state index in [0.29, 0.717) is 12.0 Å². The SMILES string of the molecule is c1ccc(C2CCCCC2NCc2ccccn2)cc1. The van der Waals surface area contributed by atoms with Crippen LogP contribution in [-0.2, 0) is 6.54 Å². The molecule has 0 saturated heterocycles. The van der Waals surface area contributed by atoms with Crippen molar-refractivity contribution in [2.75, 3.05) is 0 Å². The van der Waals surface area contributed by atoms with Gasteiger partial charge < -0.3 is 5.32 Å². The number of rotatable bonds is 4. The first-order valence-corrected chi connectivity index (χ1v) is 7.62. The second kappa shape index (κ2) is 6.67. The van der Waals surface area contributed by atoms with Crippen molar-refractivity contribution in [3.05, 3.63) is 66.0 Å². The lowest BCUT2D eigenvalue weighted by Crippen LogP contribution is -2.37. The monoisotopic (exact) mass is 266 g/mol. The topological polar surface area (TPSA) is 24.9 Å². The van der Waals surface area contributed by atoms with E-state index in [1.165, 1.54) is 31.2 Å². The van der Waals surface area contributed by atoms with Gasteiger partial charge in [-0.05, 0) is 36.5 Å². The average molecular weight is 266 g/mol. The summed E-state index contributed by atoms with van der Waals surface area (Å²) in [5.74, 6) is 0.647. The van der Waals surface area contributed by atoms with Crippen LogP contribution in [-0.4, -0.2) is 11.0 Å². The second-order valence-corrected chi connectivity index (χ2v) is 5.61. The van der Waals surface area contributed by atoms with Crippen LogP contribution in [0.2, 0.25) is 0 Å². The zero-order valence-corrected chi connectivity index (χ0v) is 11.8. The van der Waals surface area contributed by atoms with Crippen LogP contribution in [0, 0.1) is 0 Å². The summed E-state index contributed by atoms with van der Waals surface area (Å²) in [6, 6.07) is 17.6. The van der Waals surface area contributed by atoms with E-state index in [9.17, 15) is 0 Å². The summed E-state index contributed by atoms with van der Waals surface area (Å²) in [5.41, 5.74) is 2.61.